The second kappa shape index (κ2) is 3.04. The molecular weight excluding hydrogens is 148 g/mol. The molecule has 1 heteroatoms. The monoisotopic (exact) mass is 164 g/mol. The van der Waals surface area contributed by atoms with Crippen molar-refractivity contribution >= 4 is 5.78 Å². The average Bonchev–Trinajstić information content (AvgIpc) is 2.49. The summed E-state index contributed by atoms with van der Waals surface area (Å²) < 4.78 is 0. The lowest BCUT2D eigenvalue weighted by molar-refractivity contribution is -0.121. The number of allylic oxidation sites excluding steroid dienone is 2. The van der Waals surface area contributed by atoms with Gasteiger partial charge in [0.25, 0.3) is 0 Å². The molecule has 0 amide bonds. The van der Waals surface area contributed by atoms with Crippen LogP contribution in [-0.4, -0.2) is 5.78 Å². The Morgan fingerprint density at radius 2 is 2.25 bits per heavy atom. The predicted molar refractivity (Wildman–Crippen MR) is 48.8 cm³/mol. The van der Waals surface area contributed by atoms with Gasteiger partial charge < -0.3 is 0 Å². The summed E-state index contributed by atoms with van der Waals surface area (Å²) in [4.78, 5) is 11.3. The number of hydrogen-bond acceptors (Lipinski definition) is 1. The van der Waals surface area contributed by atoms with E-state index in [0.29, 0.717) is 11.7 Å². The van der Waals surface area contributed by atoms with Gasteiger partial charge >= 0.3 is 0 Å². The van der Waals surface area contributed by atoms with Gasteiger partial charge in [0.2, 0.25) is 0 Å². The Morgan fingerprint density at radius 3 is 3.00 bits per heavy atom. The Labute approximate surface area is 73.8 Å². The van der Waals surface area contributed by atoms with E-state index in [1.54, 1.807) is 6.92 Å². The molecule has 66 valence electrons. The maximum Gasteiger partial charge on any atom is 0.136 e. The van der Waals surface area contributed by atoms with Crippen molar-refractivity contribution in [3.05, 3.63) is 12.2 Å². The Balaban J connectivity index is 2.17. The number of carbonyl (C=O) groups is 1. The molecule has 0 spiro atoms. The van der Waals surface area contributed by atoms with E-state index in [9.17, 15) is 4.79 Å². The highest BCUT2D eigenvalue weighted by Gasteiger charge is 2.35. The first kappa shape index (κ1) is 8.03. The molecule has 0 bridgehead atoms. The topological polar surface area (TPSA) is 17.1 Å². The highest BCUT2D eigenvalue weighted by atomic mass is 16.1. The first-order valence-electron chi connectivity index (χ1n) is 4.96. The summed E-state index contributed by atoms with van der Waals surface area (Å²) in [6.45, 7) is 1.73. The molecule has 0 unspecified atom stereocenters. The number of rotatable bonds is 1. The van der Waals surface area contributed by atoms with Gasteiger partial charge in [-0.15, -0.1) is 0 Å². The number of Topliss-reactive ketones (excluding diaryl/α,β-unsaturated/α-hetero) is 1. The van der Waals surface area contributed by atoms with Gasteiger partial charge in [0.15, 0.2) is 0 Å². The Morgan fingerprint density at radius 1 is 1.42 bits per heavy atom. The molecule has 0 aromatic rings. The normalized spacial score (nSPS) is 39.6. The van der Waals surface area contributed by atoms with Gasteiger partial charge in [-0.25, -0.2) is 0 Å². The molecule has 1 nitrogen and oxygen atoms in total. The third kappa shape index (κ3) is 1.21. The van der Waals surface area contributed by atoms with E-state index < -0.39 is 0 Å². The van der Waals surface area contributed by atoms with E-state index >= 15 is 0 Å². The van der Waals surface area contributed by atoms with Crippen LogP contribution in [0.25, 0.3) is 0 Å². The fraction of sp³-hybridized carbons (Fsp3) is 0.727. The van der Waals surface area contributed by atoms with Crippen LogP contribution in [0.15, 0.2) is 12.2 Å². The quantitative estimate of drug-likeness (QED) is 0.544. The lowest BCUT2D eigenvalue weighted by Gasteiger charge is -2.27. The van der Waals surface area contributed by atoms with Gasteiger partial charge in [-0.2, -0.15) is 0 Å². The van der Waals surface area contributed by atoms with Crippen molar-refractivity contribution in [2.24, 2.45) is 17.8 Å². The molecule has 2 rings (SSSR count). The highest BCUT2D eigenvalue weighted by molar-refractivity contribution is 5.80. The van der Waals surface area contributed by atoms with Gasteiger partial charge in [-0.1, -0.05) is 18.6 Å². The van der Waals surface area contributed by atoms with Crippen LogP contribution in [0.1, 0.15) is 32.6 Å². The molecule has 0 aromatic carbocycles. The SMILES string of the molecule is CC(=O)[C@H]1C=CC[C@@H]2CCC[C@@H]21. The van der Waals surface area contributed by atoms with E-state index in [-0.39, 0.29) is 5.92 Å². The molecular formula is C11H16O. The summed E-state index contributed by atoms with van der Waals surface area (Å²) in [6, 6.07) is 0. The van der Waals surface area contributed by atoms with E-state index in [2.05, 4.69) is 12.2 Å². The van der Waals surface area contributed by atoms with Gasteiger partial charge in [-0.3, -0.25) is 4.79 Å². The van der Waals surface area contributed by atoms with Crippen LogP contribution in [-0.2, 0) is 4.79 Å². The average molecular weight is 164 g/mol. The van der Waals surface area contributed by atoms with E-state index in [4.69, 9.17) is 0 Å². The zero-order valence-electron chi connectivity index (χ0n) is 7.62. The molecule has 3 atom stereocenters. The van der Waals surface area contributed by atoms with Crippen molar-refractivity contribution in [1.29, 1.82) is 0 Å². The summed E-state index contributed by atoms with van der Waals surface area (Å²) in [5.74, 6) is 2.13. The Kier molecular flexibility index (Phi) is 2.03. The maximum atomic E-state index is 11.3. The second-order valence-electron chi connectivity index (χ2n) is 4.16. The zero-order valence-corrected chi connectivity index (χ0v) is 7.62. The number of hydrogen-bond donors (Lipinski definition) is 0. The number of carbonyl (C=O) groups excluding carboxylic acids is 1. The summed E-state index contributed by atoms with van der Waals surface area (Å²) in [5, 5.41) is 0. The minimum absolute atomic E-state index is 0.256. The molecule has 0 saturated heterocycles. The molecule has 1 fully saturated rings. The minimum atomic E-state index is 0.256. The molecule has 0 aromatic heterocycles. The zero-order chi connectivity index (χ0) is 8.55. The largest absolute Gasteiger partial charge is 0.299 e. The van der Waals surface area contributed by atoms with Gasteiger partial charge in [0, 0.05) is 5.92 Å². The summed E-state index contributed by atoms with van der Waals surface area (Å²) in [7, 11) is 0. The molecule has 0 aliphatic heterocycles. The first-order chi connectivity index (χ1) is 5.79. The number of ketones is 1. The summed E-state index contributed by atoms with van der Waals surface area (Å²) >= 11 is 0. The standard InChI is InChI=1S/C11H16O/c1-8(12)10-6-2-4-9-5-3-7-11(9)10/h2,6,9-11H,3-5,7H2,1H3/t9-,10-,11+/m1/s1. The van der Waals surface area contributed by atoms with Crippen LogP contribution in [0.2, 0.25) is 0 Å². The van der Waals surface area contributed by atoms with Gasteiger partial charge in [-0.05, 0) is 38.0 Å². The van der Waals surface area contributed by atoms with Crippen molar-refractivity contribution in [1.82, 2.24) is 0 Å². The third-order valence-electron chi connectivity index (χ3n) is 3.43. The summed E-state index contributed by atoms with van der Waals surface area (Å²) in [6.07, 6.45) is 9.51. The van der Waals surface area contributed by atoms with E-state index in [0.717, 1.165) is 5.92 Å². The van der Waals surface area contributed by atoms with Crippen LogP contribution >= 0.6 is 0 Å². The van der Waals surface area contributed by atoms with E-state index in [1.807, 2.05) is 0 Å². The van der Waals surface area contributed by atoms with Crippen molar-refractivity contribution in [2.75, 3.05) is 0 Å². The molecule has 0 heterocycles. The Bertz CT molecular complexity index is 217. The second-order valence-corrected chi connectivity index (χ2v) is 4.16. The Hall–Kier alpha value is -0.590. The maximum absolute atomic E-state index is 11.3. The highest BCUT2D eigenvalue weighted by Crippen LogP contribution is 2.42. The predicted octanol–water partition coefficient (Wildman–Crippen LogP) is 2.57. The van der Waals surface area contributed by atoms with Crippen LogP contribution < -0.4 is 0 Å². The van der Waals surface area contributed by atoms with Crippen LogP contribution in [0, 0.1) is 17.8 Å². The molecule has 0 N–H and O–H groups in total. The molecule has 0 radical (unpaired) electrons. The van der Waals surface area contributed by atoms with Gasteiger partial charge in [0.1, 0.15) is 5.78 Å². The fourth-order valence-corrected chi connectivity index (χ4v) is 2.81. The van der Waals surface area contributed by atoms with Crippen molar-refractivity contribution in [3.63, 3.8) is 0 Å². The number of fused-ring (bicyclic) bond motifs is 1. The van der Waals surface area contributed by atoms with Crippen LogP contribution in [0.3, 0.4) is 0 Å². The molecule has 12 heavy (non-hydrogen) atoms. The van der Waals surface area contributed by atoms with Crippen molar-refractivity contribution in [3.8, 4) is 0 Å². The minimum Gasteiger partial charge on any atom is -0.299 e. The smallest absolute Gasteiger partial charge is 0.136 e. The lowest BCUT2D eigenvalue weighted by Crippen LogP contribution is -2.25. The molecule has 1 saturated carbocycles. The van der Waals surface area contributed by atoms with Crippen molar-refractivity contribution in [2.45, 2.75) is 32.6 Å². The first-order valence-corrected chi connectivity index (χ1v) is 4.96. The van der Waals surface area contributed by atoms with Gasteiger partial charge in [0.05, 0.1) is 0 Å². The third-order valence-corrected chi connectivity index (χ3v) is 3.43. The fourth-order valence-electron chi connectivity index (χ4n) is 2.81. The van der Waals surface area contributed by atoms with E-state index in [1.165, 1.54) is 25.7 Å². The van der Waals surface area contributed by atoms with Crippen molar-refractivity contribution < 1.29 is 4.79 Å². The lowest BCUT2D eigenvalue weighted by atomic mass is 9.76. The van der Waals surface area contributed by atoms with Crippen LogP contribution in [0.5, 0.6) is 0 Å². The molecule has 2 aliphatic carbocycles. The molecule has 2 aliphatic rings. The summed E-state index contributed by atoms with van der Waals surface area (Å²) in [5.41, 5.74) is 0. The van der Waals surface area contributed by atoms with Crippen LogP contribution in [0.4, 0.5) is 0 Å².